The summed E-state index contributed by atoms with van der Waals surface area (Å²) in [5, 5.41) is 2.94. The topological polar surface area (TPSA) is 58.6 Å². The summed E-state index contributed by atoms with van der Waals surface area (Å²) in [7, 11) is 0. The van der Waals surface area contributed by atoms with Gasteiger partial charge in [-0.05, 0) is 61.4 Å². The first kappa shape index (κ1) is 20.6. The molecule has 30 heavy (non-hydrogen) atoms. The number of nitrogens with zero attached hydrogens (tertiary/aromatic N) is 1. The molecule has 1 N–H and O–H groups in total. The van der Waals surface area contributed by atoms with Gasteiger partial charge < -0.3 is 15.0 Å². The van der Waals surface area contributed by atoms with Crippen molar-refractivity contribution in [2.75, 3.05) is 25.0 Å². The Morgan fingerprint density at radius 2 is 1.70 bits per heavy atom. The maximum Gasteiger partial charge on any atom is 0.253 e. The number of rotatable bonds is 7. The predicted molar refractivity (Wildman–Crippen MR) is 117 cm³/mol. The van der Waals surface area contributed by atoms with Crippen LogP contribution < -0.4 is 5.32 Å². The molecule has 1 aliphatic heterocycles. The Labute approximate surface area is 178 Å². The highest BCUT2D eigenvalue weighted by atomic mass is 16.5. The standard InChI is InChI=1S/C25H30N2O3/c1-18-17-23(18)24(28)26-21-9-7-20(8-10-21)25(29)27-14-11-22(12-15-27)30-16-13-19-5-3-2-4-6-19/h2-10,18,22-23H,11-17H2,1H3,(H,26,28). The van der Waals surface area contributed by atoms with Gasteiger partial charge >= 0.3 is 0 Å². The minimum absolute atomic E-state index is 0.0476. The highest BCUT2D eigenvalue weighted by Crippen LogP contribution is 2.38. The van der Waals surface area contributed by atoms with Crippen LogP contribution in [0.15, 0.2) is 54.6 Å². The van der Waals surface area contributed by atoms with Crippen LogP contribution in [0.3, 0.4) is 0 Å². The van der Waals surface area contributed by atoms with Crippen LogP contribution in [0, 0.1) is 11.8 Å². The SMILES string of the molecule is CC1CC1C(=O)Nc1ccc(C(=O)N2CCC(OCCc3ccccc3)CC2)cc1. The minimum atomic E-state index is 0.0476. The van der Waals surface area contributed by atoms with E-state index in [-0.39, 0.29) is 23.8 Å². The molecule has 0 aromatic heterocycles. The monoisotopic (exact) mass is 406 g/mol. The molecule has 4 rings (SSSR count). The summed E-state index contributed by atoms with van der Waals surface area (Å²) in [6.07, 6.45) is 3.85. The van der Waals surface area contributed by atoms with Crippen molar-refractivity contribution in [2.24, 2.45) is 11.8 Å². The fourth-order valence-corrected chi connectivity index (χ4v) is 4.01. The summed E-state index contributed by atoms with van der Waals surface area (Å²) in [4.78, 5) is 26.7. The highest BCUT2D eigenvalue weighted by Gasteiger charge is 2.39. The van der Waals surface area contributed by atoms with E-state index >= 15 is 0 Å². The number of amides is 2. The fraction of sp³-hybridized carbons (Fsp3) is 0.440. The van der Waals surface area contributed by atoms with Gasteiger partial charge in [0.05, 0.1) is 12.7 Å². The Balaban J connectivity index is 1.20. The van der Waals surface area contributed by atoms with Crippen molar-refractivity contribution in [2.45, 2.75) is 38.7 Å². The maximum atomic E-state index is 12.8. The van der Waals surface area contributed by atoms with Gasteiger partial charge in [0.1, 0.15) is 0 Å². The van der Waals surface area contributed by atoms with E-state index in [9.17, 15) is 9.59 Å². The molecule has 5 nitrogen and oxygen atoms in total. The second kappa shape index (κ2) is 9.43. The number of ether oxygens (including phenoxy) is 1. The summed E-state index contributed by atoms with van der Waals surface area (Å²) >= 11 is 0. The Bertz CT molecular complexity index is 858. The molecular formula is C25H30N2O3. The largest absolute Gasteiger partial charge is 0.378 e. The smallest absolute Gasteiger partial charge is 0.253 e. The van der Waals surface area contributed by atoms with E-state index in [2.05, 4.69) is 24.4 Å². The van der Waals surface area contributed by atoms with Gasteiger partial charge in [-0.25, -0.2) is 0 Å². The number of likely N-dealkylation sites (tertiary alicyclic amines) is 1. The van der Waals surface area contributed by atoms with Crippen molar-refractivity contribution in [3.63, 3.8) is 0 Å². The van der Waals surface area contributed by atoms with Gasteiger partial charge in [-0.1, -0.05) is 37.3 Å². The molecule has 2 amide bonds. The van der Waals surface area contributed by atoms with Crippen LogP contribution >= 0.6 is 0 Å². The van der Waals surface area contributed by atoms with Gasteiger partial charge in [0.2, 0.25) is 5.91 Å². The van der Waals surface area contributed by atoms with Crippen molar-refractivity contribution < 1.29 is 14.3 Å². The second-order valence-corrected chi connectivity index (χ2v) is 8.48. The average Bonchev–Trinajstić information content (AvgIpc) is 3.52. The number of nitrogens with one attached hydrogen (secondary N) is 1. The first-order valence-corrected chi connectivity index (χ1v) is 11.0. The molecule has 0 radical (unpaired) electrons. The molecule has 0 spiro atoms. The molecule has 2 atom stereocenters. The summed E-state index contributed by atoms with van der Waals surface area (Å²) in [5.41, 5.74) is 2.70. The van der Waals surface area contributed by atoms with Crippen molar-refractivity contribution in [1.82, 2.24) is 4.90 Å². The lowest BCUT2D eigenvalue weighted by atomic mass is 10.1. The molecule has 2 fully saturated rings. The molecule has 2 aliphatic rings. The summed E-state index contributed by atoms with van der Waals surface area (Å²) in [6, 6.07) is 17.6. The van der Waals surface area contributed by atoms with Crippen molar-refractivity contribution in [1.29, 1.82) is 0 Å². The van der Waals surface area contributed by atoms with Gasteiger partial charge in [0.15, 0.2) is 0 Å². The summed E-state index contributed by atoms with van der Waals surface area (Å²) < 4.78 is 6.03. The highest BCUT2D eigenvalue weighted by molar-refractivity contribution is 5.97. The second-order valence-electron chi connectivity index (χ2n) is 8.48. The molecule has 2 aromatic carbocycles. The van der Waals surface area contributed by atoms with E-state index in [0.717, 1.165) is 38.0 Å². The van der Waals surface area contributed by atoms with Crippen molar-refractivity contribution in [3.8, 4) is 0 Å². The zero-order valence-electron chi connectivity index (χ0n) is 17.5. The number of anilines is 1. The van der Waals surface area contributed by atoms with E-state index in [1.165, 1.54) is 5.56 Å². The summed E-state index contributed by atoms with van der Waals surface area (Å²) in [6.45, 7) is 4.23. The van der Waals surface area contributed by atoms with Crippen LogP contribution in [0.4, 0.5) is 5.69 Å². The van der Waals surface area contributed by atoms with E-state index in [4.69, 9.17) is 4.74 Å². The van der Waals surface area contributed by atoms with Crippen LogP contribution in [0.1, 0.15) is 42.1 Å². The third kappa shape index (κ3) is 5.28. The van der Waals surface area contributed by atoms with Gasteiger partial charge in [-0.15, -0.1) is 0 Å². The lowest BCUT2D eigenvalue weighted by molar-refractivity contribution is -0.117. The molecule has 1 heterocycles. The molecular weight excluding hydrogens is 376 g/mol. The molecule has 158 valence electrons. The lowest BCUT2D eigenvalue weighted by Crippen LogP contribution is -2.41. The number of carbonyl (C=O) groups excluding carboxylic acids is 2. The normalized spacial score (nSPS) is 21.3. The van der Waals surface area contributed by atoms with E-state index in [1.54, 1.807) is 12.1 Å². The lowest BCUT2D eigenvalue weighted by Gasteiger charge is -2.32. The zero-order chi connectivity index (χ0) is 20.9. The molecule has 5 heteroatoms. The number of benzene rings is 2. The third-order valence-corrected chi connectivity index (χ3v) is 6.16. The molecule has 2 unspecified atom stereocenters. The Morgan fingerprint density at radius 3 is 2.33 bits per heavy atom. The van der Waals surface area contributed by atoms with Gasteiger partial charge in [0.25, 0.3) is 5.91 Å². The first-order valence-electron chi connectivity index (χ1n) is 11.0. The molecule has 1 saturated carbocycles. The van der Waals surface area contributed by atoms with Crippen LogP contribution in [0.5, 0.6) is 0 Å². The van der Waals surface area contributed by atoms with Gasteiger partial charge in [0, 0.05) is 30.3 Å². The van der Waals surface area contributed by atoms with E-state index < -0.39 is 0 Å². The Morgan fingerprint density at radius 1 is 1.03 bits per heavy atom. The van der Waals surface area contributed by atoms with E-state index in [0.29, 0.717) is 24.6 Å². The fourth-order valence-electron chi connectivity index (χ4n) is 4.01. The number of hydrogen-bond acceptors (Lipinski definition) is 3. The number of piperidine rings is 1. The zero-order valence-corrected chi connectivity index (χ0v) is 17.5. The van der Waals surface area contributed by atoms with Crippen molar-refractivity contribution in [3.05, 3.63) is 65.7 Å². The van der Waals surface area contributed by atoms with Crippen LogP contribution in [-0.4, -0.2) is 42.5 Å². The Hall–Kier alpha value is -2.66. The quantitative estimate of drug-likeness (QED) is 0.752. The van der Waals surface area contributed by atoms with Crippen molar-refractivity contribution >= 4 is 17.5 Å². The van der Waals surface area contributed by atoms with Crippen LogP contribution in [0.25, 0.3) is 0 Å². The third-order valence-electron chi connectivity index (χ3n) is 6.16. The molecule has 0 bridgehead atoms. The average molecular weight is 407 g/mol. The van der Waals surface area contributed by atoms with Gasteiger partial charge in [-0.3, -0.25) is 9.59 Å². The molecule has 1 saturated heterocycles. The first-order chi connectivity index (χ1) is 14.6. The van der Waals surface area contributed by atoms with Gasteiger partial charge in [-0.2, -0.15) is 0 Å². The van der Waals surface area contributed by atoms with E-state index in [1.807, 2.05) is 35.2 Å². The number of hydrogen-bond donors (Lipinski definition) is 1. The molecule has 2 aromatic rings. The van der Waals surface area contributed by atoms with Crippen LogP contribution in [-0.2, 0) is 16.0 Å². The number of carbonyl (C=O) groups is 2. The minimum Gasteiger partial charge on any atom is -0.378 e. The summed E-state index contributed by atoms with van der Waals surface area (Å²) in [5.74, 6) is 0.751. The predicted octanol–water partition coefficient (Wildman–Crippen LogP) is 4.15. The maximum absolute atomic E-state index is 12.8. The molecule has 1 aliphatic carbocycles. The van der Waals surface area contributed by atoms with Crippen LogP contribution in [0.2, 0.25) is 0 Å². The Kier molecular flexibility index (Phi) is 6.48.